The molecule has 2 rings (SSSR count). The number of para-hydroxylation sites is 1. The molecule has 1 atom stereocenters. The number of rotatable bonds is 4. The monoisotopic (exact) mass is 282 g/mol. The molecule has 3 nitrogen and oxygen atoms in total. The Labute approximate surface area is 126 Å². The van der Waals surface area contributed by atoms with E-state index in [1.807, 2.05) is 69.3 Å². The summed E-state index contributed by atoms with van der Waals surface area (Å²) < 4.78 is 0. The summed E-state index contributed by atoms with van der Waals surface area (Å²) in [4.78, 5) is 14.5. The number of aryl methyl sites for hydroxylation is 2. The summed E-state index contributed by atoms with van der Waals surface area (Å²) in [7, 11) is 0. The lowest BCUT2D eigenvalue weighted by Crippen LogP contribution is -2.39. The number of nitrogens with two attached hydrogens (primary N) is 1. The number of amides is 1. The third-order valence-corrected chi connectivity index (χ3v) is 3.69. The lowest BCUT2D eigenvalue weighted by molar-refractivity contribution is -0.119. The van der Waals surface area contributed by atoms with E-state index in [-0.39, 0.29) is 5.91 Å². The predicted octanol–water partition coefficient (Wildman–Crippen LogP) is 3.36. The number of nitrogens with zero attached hydrogens (tertiary/aromatic N) is 1. The maximum absolute atomic E-state index is 12.7. The van der Waals surface area contributed by atoms with Crippen molar-refractivity contribution >= 4 is 11.6 Å². The van der Waals surface area contributed by atoms with Crippen molar-refractivity contribution in [3.8, 4) is 0 Å². The van der Waals surface area contributed by atoms with Gasteiger partial charge in [0.25, 0.3) is 0 Å². The SMILES string of the molecule is CCN(C(=O)C(N)c1ccc(C)cc1)c1ccccc1C. The van der Waals surface area contributed by atoms with Crippen LogP contribution in [0.1, 0.15) is 29.7 Å². The zero-order chi connectivity index (χ0) is 15.4. The maximum atomic E-state index is 12.7. The summed E-state index contributed by atoms with van der Waals surface area (Å²) in [6.45, 7) is 6.58. The van der Waals surface area contributed by atoms with Gasteiger partial charge >= 0.3 is 0 Å². The average Bonchev–Trinajstić information content (AvgIpc) is 2.50. The molecule has 0 radical (unpaired) electrons. The molecule has 2 aromatic rings. The van der Waals surface area contributed by atoms with Crippen molar-refractivity contribution in [3.05, 3.63) is 65.2 Å². The van der Waals surface area contributed by atoms with E-state index in [0.29, 0.717) is 6.54 Å². The second-order valence-corrected chi connectivity index (χ2v) is 5.26. The lowest BCUT2D eigenvalue weighted by Gasteiger charge is -2.26. The summed E-state index contributed by atoms with van der Waals surface area (Å²) in [5.74, 6) is -0.0735. The number of carbonyl (C=O) groups is 1. The molecule has 3 heteroatoms. The van der Waals surface area contributed by atoms with Gasteiger partial charge in [-0.3, -0.25) is 4.79 Å². The fourth-order valence-electron chi connectivity index (χ4n) is 2.40. The maximum Gasteiger partial charge on any atom is 0.248 e. The fraction of sp³-hybridized carbons (Fsp3) is 0.278. The van der Waals surface area contributed by atoms with Gasteiger partial charge in [0, 0.05) is 12.2 Å². The van der Waals surface area contributed by atoms with Crippen molar-refractivity contribution in [2.75, 3.05) is 11.4 Å². The molecule has 0 bridgehead atoms. The largest absolute Gasteiger partial charge is 0.316 e. The first-order valence-corrected chi connectivity index (χ1v) is 7.23. The molecule has 0 saturated carbocycles. The highest BCUT2D eigenvalue weighted by Gasteiger charge is 2.23. The first-order chi connectivity index (χ1) is 10.0. The number of hydrogen-bond acceptors (Lipinski definition) is 2. The Morgan fingerprint density at radius 2 is 1.71 bits per heavy atom. The van der Waals surface area contributed by atoms with Crippen LogP contribution in [0.5, 0.6) is 0 Å². The van der Waals surface area contributed by atoms with Gasteiger partial charge in [-0.05, 0) is 38.0 Å². The summed E-state index contributed by atoms with van der Waals surface area (Å²) >= 11 is 0. The molecule has 0 aliphatic carbocycles. The highest BCUT2D eigenvalue weighted by molar-refractivity contribution is 5.98. The van der Waals surface area contributed by atoms with Crippen LogP contribution >= 0.6 is 0 Å². The molecule has 0 spiro atoms. The first-order valence-electron chi connectivity index (χ1n) is 7.23. The van der Waals surface area contributed by atoms with Gasteiger partial charge in [-0.25, -0.2) is 0 Å². The third kappa shape index (κ3) is 3.31. The molecule has 2 N–H and O–H groups in total. The third-order valence-electron chi connectivity index (χ3n) is 3.69. The molecule has 21 heavy (non-hydrogen) atoms. The van der Waals surface area contributed by atoms with E-state index in [2.05, 4.69) is 0 Å². The first kappa shape index (κ1) is 15.3. The van der Waals surface area contributed by atoms with E-state index >= 15 is 0 Å². The normalized spacial score (nSPS) is 12.0. The second-order valence-electron chi connectivity index (χ2n) is 5.26. The minimum Gasteiger partial charge on any atom is -0.316 e. The van der Waals surface area contributed by atoms with Crippen LogP contribution < -0.4 is 10.6 Å². The number of anilines is 1. The van der Waals surface area contributed by atoms with Crippen molar-refractivity contribution in [3.63, 3.8) is 0 Å². The Morgan fingerprint density at radius 3 is 2.29 bits per heavy atom. The summed E-state index contributed by atoms with van der Waals surface area (Å²) in [6.07, 6.45) is 0. The van der Waals surface area contributed by atoms with Crippen LogP contribution in [0.15, 0.2) is 48.5 Å². The number of carbonyl (C=O) groups excluding carboxylic acids is 1. The molecule has 110 valence electrons. The van der Waals surface area contributed by atoms with Crippen LogP contribution in [0.25, 0.3) is 0 Å². The fourth-order valence-corrected chi connectivity index (χ4v) is 2.40. The Morgan fingerprint density at radius 1 is 1.10 bits per heavy atom. The quantitative estimate of drug-likeness (QED) is 0.934. The molecule has 1 amide bonds. The van der Waals surface area contributed by atoms with Gasteiger partial charge in [0.1, 0.15) is 6.04 Å². The minimum atomic E-state index is -0.634. The molecule has 0 aliphatic rings. The summed E-state index contributed by atoms with van der Waals surface area (Å²) in [6, 6.07) is 15.0. The highest BCUT2D eigenvalue weighted by atomic mass is 16.2. The standard InChI is InChI=1S/C18H22N2O/c1-4-20(16-8-6-5-7-14(16)3)18(21)17(19)15-11-9-13(2)10-12-15/h5-12,17H,4,19H2,1-3H3. The van der Waals surface area contributed by atoms with Crippen LogP contribution in [-0.2, 0) is 4.79 Å². The average molecular weight is 282 g/mol. The Balaban J connectivity index is 2.28. The van der Waals surface area contributed by atoms with Gasteiger partial charge in [-0.15, -0.1) is 0 Å². The van der Waals surface area contributed by atoms with Gasteiger partial charge in [0.05, 0.1) is 0 Å². The van der Waals surface area contributed by atoms with E-state index in [9.17, 15) is 4.79 Å². The summed E-state index contributed by atoms with van der Waals surface area (Å²) in [5, 5.41) is 0. The number of benzene rings is 2. The van der Waals surface area contributed by atoms with Crippen molar-refractivity contribution in [1.29, 1.82) is 0 Å². The van der Waals surface area contributed by atoms with Gasteiger partial charge in [-0.1, -0.05) is 48.0 Å². The van der Waals surface area contributed by atoms with Crippen molar-refractivity contribution in [2.24, 2.45) is 5.73 Å². The lowest BCUT2D eigenvalue weighted by atomic mass is 10.0. The van der Waals surface area contributed by atoms with Crippen molar-refractivity contribution in [2.45, 2.75) is 26.8 Å². The summed E-state index contributed by atoms with van der Waals surface area (Å²) in [5.41, 5.74) is 10.2. The molecular formula is C18H22N2O. The van der Waals surface area contributed by atoms with Crippen LogP contribution in [0, 0.1) is 13.8 Å². The number of hydrogen-bond donors (Lipinski definition) is 1. The van der Waals surface area contributed by atoms with E-state index in [4.69, 9.17) is 5.73 Å². The van der Waals surface area contributed by atoms with Gasteiger partial charge in [0.15, 0.2) is 0 Å². The Bertz CT molecular complexity index is 619. The number of likely N-dealkylation sites (N-methyl/N-ethyl adjacent to an activating group) is 1. The topological polar surface area (TPSA) is 46.3 Å². The Hall–Kier alpha value is -2.13. The highest BCUT2D eigenvalue weighted by Crippen LogP contribution is 2.23. The smallest absolute Gasteiger partial charge is 0.248 e. The zero-order valence-electron chi connectivity index (χ0n) is 12.8. The predicted molar refractivity (Wildman–Crippen MR) is 87.3 cm³/mol. The minimum absolute atomic E-state index is 0.0735. The molecule has 0 aromatic heterocycles. The molecule has 0 saturated heterocycles. The second kappa shape index (κ2) is 6.55. The van der Waals surface area contributed by atoms with Crippen LogP contribution in [-0.4, -0.2) is 12.5 Å². The van der Waals surface area contributed by atoms with Gasteiger partial charge < -0.3 is 10.6 Å². The molecule has 1 unspecified atom stereocenters. The van der Waals surface area contributed by atoms with Crippen LogP contribution in [0.4, 0.5) is 5.69 Å². The van der Waals surface area contributed by atoms with Crippen LogP contribution in [0.3, 0.4) is 0 Å². The van der Waals surface area contributed by atoms with E-state index in [0.717, 1.165) is 22.4 Å². The van der Waals surface area contributed by atoms with Crippen molar-refractivity contribution < 1.29 is 4.79 Å². The molecule has 0 heterocycles. The van der Waals surface area contributed by atoms with Gasteiger partial charge in [0.2, 0.25) is 5.91 Å². The molecule has 0 fully saturated rings. The molecule has 0 aliphatic heterocycles. The van der Waals surface area contributed by atoms with E-state index < -0.39 is 6.04 Å². The molecular weight excluding hydrogens is 260 g/mol. The van der Waals surface area contributed by atoms with Gasteiger partial charge in [-0.2, -0.15) is 0 Å². The molecule has 2 aromatic carbocycles. The Kier molecular flexibility index (Phi) is 4.76. The zero-order valence-corrected chi connectivity index (χ0v) is 12.8. The van der Waals surface area contributed by atoms with Crippen molar-refractivity contribution in [1.82, 2.24) is 0 Å². The van der Waals surface area contributed by atoms with E-state index in [1.54, 1.807) is 4.90 Å². The van der Waals surface area contributed by atoms with E-state index in [1.165, 1.54) is 0 Å². The van der Waals surface area contributed by atoms with Crippen LogP contribution in [0.2, 0.25) is 0 Å².